The molecule has 0 atom stereocenters. The largest absolute Gasteiger partial charge is 0.497 e. The van der Waals surface area contributed by atoms with Crippen LogP contribution in [0.1, 0.15) is 6.42 Å². The van der Waals surface area contributed by atoms with Crippen molar-refractivity contribution in [2.24, 2.45) is 16.5 Å². The number of nitrogens with zero attached hydrogens (tertiary/aromatic N) is 1. The van der Waals surface area contributed by atoms with Crippen LogP contribution in [0.5, 0.6) is 11.5 Å². The van der Waals surface area contributed by atoms with Gasteiger partial charge in [0.05, 0.1) is 13.7 Å². The highest BCUT2D eigenvalue weighted by molar-refractivity contribution is 14.0. The van der Waals surface area contributed by atoms with Crippen molar-refractivity contribution >= 4 is 29.9 Å². The van der Waals surface area contributed by atoms with Crippen LogP contribution in [0.25, 0.3) is 0 Å². The van der Waals surface area contributed by atoms with Crippen molar-refractivity contribution in [3.05, 3.63) is 24.3 Å². The third-order valence-electron chi connectivity index (χ3n) is 1.91. The van der Waals surface area contributed by atoms with Gasteiger partial charge in [0.2, 0.25) is 0 Å². The van der Waals surface area contributed by atoms with E-state index in [1.165, 1.54) is 0 Å². The maximum Gasteiger partial charge on any atom is 0.185 e. The fourth-order valence-electron chi connectivity index (χ4n) is 1.15. The highest BCUT2D eigenvalue weighted by atomic mass is 127. The number of guanidine groups is 1. The Balaban J connectivity index is 0.00000256. The van der Waals surface area contributed by atoms with Gasteiger partial charge in [-0.15, -0.1) is 24.0 Å². The van der Waals surface area contributed by atoms with Crippen molar-refractivity contribution in [2.75, 3.05) is 20.3 Å². The van der Waals surface area contributed by atoms with Crippen molar-refractivity contribution in [2.45, 2.75) is 6.42 Å². The van der Waals surface area contributed by atoms with Gasteiger partial charge < -0.3 is 20.9 Å². The zero-order chi connectivity index (χ0) is 11.8. The molecule has 0 unspecified atom stereocenters. The van der Waals surface area contributed by atoms with Crippen molar-refractivity contribution in [1.29, 1.82) is 0 Å². The van der Waals surface area contributed by atoms with Gasteiger partial charge in [0.1, 0.15) is 11.5 Å². The van der Waals surface area contributed by atoms with Gasteiger partial charge >= 0.3 is 0 Å². The molecule has 0 aromatic heterocycles. The standard InChI is InChI=1S/C11H17N3O2.HI/c1-15-9-4-2-5-10(8-9)16-7-3-6-14-11(12)13;/h2,4-5,8H,3,6-7H2,1H3,(H4,12,13,14);1H. The molecule has 0 heterocycles. The Hall–Kier alpha value is -1.18. The molecule has 1 aromatic rings. The van der Waals surface area contributed by atoms with Gasteiger partial charge in [-0.3, -0.25) is 4.99 Å². The smallest absolute Gasteiger partial charge is 0.185 e. The first-order valence-corrected chi connectivity index (χ1v) is 5.04. The molecule has 1 aromatic carbocycles. The number of halogens is 1. The molecule has 0 amide bonds. The second kappa shape index (κ2) is 8.91. The molecule has 1 rings (SSSR count). The molecule has 0 radical (unpaired) electrons. The lowest BCUT2D eigenvalue weighted by molar-refractivity contribution is 0.311. The summed E-state index contributed by atoms with van der Waals surface area (Å²) in [4.78, 5) is 3.86. The Morgan fingerprint density at radius 3 is 2.65 bits per heavy atom. The van der Waals surface area contributed by atoms with E-state index in [0.717, 1.165) is 17.9 Å². The van der Waals surface area contributed by atoms with E-state index in [1.54, 1.807) is 7.11 Å². The third-order valence-corrected chi connectivity index (χ3v) is 1.91. The predicted octanol–water partition coefficient (Wildman–Crippen LogP) is 1.36. The predicted molar refractivity (Wildman–Crippen MR) is 79.2 cm³/mol. The van der Waals surface area contributed by atoms with Crippen LogP contribution in [0.15, 0.2) is 29.3 Å². The molecule has 0 aliphatic heterocycles. The van der Waals surface area contributed by atoms with E-state index in [-0.39, 0.29) is 29.9 Å². The van der Waals surface area contributed by atoms with E-state index in [2.05, 4.69) is 4.99 Å². The number of benzene rings is 1. The summed E-state index contributed by atoms with van der Waals surface area (Å²) < 4.78 is 10.6. The van der Waals surface area contributed by atoms with Crippen molar-refractivity contribution in [3.63, 3.8) is 0 Å². The lowest BCUT2D eigenvalue weighted by atomic mass is 10.3. The summed E-state index contributed by atoms with van der Waals surface area (Å²) in [5.41, 5.74) is 10.4. The van der Waals surface area contributed by atoms with Gasteiger partial charge in [-0.25, -0.2) is 0 Å². The van der Waals surface area contributed by atoms with Gasteiger partial charge in [-0.2, -0.15) is 0 Å². The van der Waals surface area contributed by atoms with Gasteiger partial charge in [0.15, 0.2) is 5.96 Å². The molecule has 0 aliphatic carbocycles. The van der Waals surface area contributed by atoms with Crippen LogP contribution in [0.4, 0.5) is 0 Å². The summed E-state index contributed by atoms with van der Waals surface area (Å²) >= 11 is 0. The number of nitrogens with two attached hydrogens (primary N) is 2. The summed E-state index contributed by atoms with van der Waals surface area (Å²) in [6.07, 6.45) is 0.773. The second-order valence-electron chi connectivity index (χ2n) is 3.19. The Bertz CT molecular complexity index is 354. The molecule has 6 heteroatoms. The summed E-state index contributed by atoms with van der Waals surface area (Å²) in [5.74, 6) is 1.67. The normalized spacial score (nSPS) is 9.00. The van der Waals surface area contributed by atoms with Crippen LogP contribution in [-0.2, 0) is 0 Å². The fraction of sp³-hybridized carbons (Fsp3) is 0.364. The molecule has 0 aliphatic rings. The molecule has 0 bridgehead atoms. The van der Waals surface area contributed by atoms with E-state index in [1.807, 2.05) is 24.3 Å². The molecule has 96 valence electrons. The molecular formula is C11H18IN3O2. The number of methoxy groups -OCH3 is 1. The monoisotopic (exact) mass is 351 g/mol. The first-order valence-electron chi connectivity index (χ1n) is 5.04. The Labute approximate surface area is 118 Å². The number of rotatable bonds is 6. The van der Waals surface area contributed by atoms with Crippen molar-refractivity contribution in [1.82, 2.24) is 0 Å². The minimum absolute atomic E-state index is 0. The van der Waals surface area contributed by atoms with Crippen LogP contribution in [0.2, 0.25) is 0 Å². The Kier molecular flexibility index (Phi) is 8.29. The zero-order valence-corrected chi connectivity index (χ0v) is 12.1. The van der Waals surface area contributed by atoms with Crippen LogP contribution in [-0.4, -0.2) is 26.2 Å². The fourth-order valence-corrected chi connectivity index (χ4v) is 1.15. The lowest BCUT2D eigenvalue weighted by Gasteiger charge is -2.06. The number of aliphatic imine (C=N–C) groups is 1. The van der Waals surface area contributed by atoms with Gasteiger partial charge in [-0.05, 0) is 12.1 Å². The SMILES string of the molecule is COc1cccc(OCCCN=C(N)N)c1.I. The maximum absolute atomic E-state index is 5.50. The molecule has 0 saturated heterocycles. The lowest BCUT2D eigenvalue weighted by Crippen LogP contribution is -2.23. The van der Waals surface area contributed by atoms with Gasteiger partial charge in [-0.1, -0.05) is 6.07 Å². The van der Waals surface area contributed by atoms with Gasteiger partial charge in [0, 0.05) is 19.0 Å². The summed E-state index contributed by atoms with van der Waals surface area (Å²) in [6, 6.07) is 7.46. The van der Waals surface area contributed by atoms with E-state index >= 15 is 0 Å². The number of ether oxygens (including phenoxy) is 2. The Morgan fingerprint density at radius 1 is 1.29 bits per heavy atom. The third kappa shape index (κ3) is 6.88. The van der Waals surface area contributed by atoms with Crippen LogP contribution >= 0.6 is 24.0 Å². The van der Waals surface area contributed by atoms with Crippen molar-refractivity contribution < 1.29 is 9.47 Å². The Morgan fingerprint density at radius 2 is 2.00 bits per heavy atom. The first-order chi connectivity index (χ1) is 7.72. The number of hydrogen-bond donors (Lipinski definition) is 2. The molecule has 5 nitrogen and oxygen atoms in total. The minimum Gasteiger partial charge on any atom is -0.497 e. The molecular weight excluding hydrogens is 333 g/mol. The first kappa shape index (κ1) is 15.8. The molecule has 0 fully saturated rings. The van der Waals surface area contributed by atoms with E-state index < -0.39 is 0 Å². The van der Waals surface area contributed by atoms with Crippen LogP contribution < -0.4 is 20.9 Å². The average molecular weight is 351 g/mol. The van der Waals surface area contributed by atoms with Crippen LogP contribution in [0, 0.1) is 0 Å². The summed E-state index contributed by atoms with van der Waals surface area (Å²) in [5, 5.41) is 0. The summed E-state index contributed by atoms with van der Waals surface area (Å²) in [6.45, 7) is 1.15. The maximum atomic E-state index is 5.50. The topological polar surface area (TPSA) is 82.9 Å². The van der Waals surface area contributed by atoms with Crippen LogP contribution in [0.3, 0.4) is 0 Å². The van der Waals surface area contributed by atoms with Crippen molar-refractivity contribution in [3.8, 4) is 11.5 Å². The number of hydrogen-bond acceptors (Lipinski definition) is 3. The molecule has 0 saturated carbocycles. The summed E-state index contributed by atoms with van der Waals surface area (Å²) in [7, 11) is 1.62. The molecule has 4 N–H and O–H groups in total. The second-order valence-corrected chi connectivity index (χ2v) is 3.19. The van der Waals surface area contributed by atoms with E-state index in [0.29, 0.717) is 13.2 Å². The molecule has 17 heavy (non-hydrogen) atoms. The van der Waals surface area contributed by atoms with E-state index in [9.17, 15) is 0 Å². The highest BCUT2D eigenvalue weighted by Crippen LogP contribution is 2.18. The highest BCUT2D eigenvalue weighted by Gasteiger charge is 1.96. The zero-order valence-electron chi connectivity index (χ0n) is 9.76. The minimum atomic E-state index is 0. The van der Waals surface area contributed by atoms with Gasteiger partial charge in [0.25, 0.3) is 0 Å². The molecule has 0 spiro atoms. The van der Waals surface area contributed by atoms with E-state index in [4.69, 9.17) is 20.9 Å². The quantitative estimate of drug-likeness (QED) is 0.351. The average Bonchev–Trinajstić information content (AvgIpc) is 2.28.